The van der Waals surface area contributed by atoms with E-state index in [1.54, 1.807) is 48.5 Å². The molecule has 0 unspecified atom stereocenters. The summed E-state index contributed by atoms with van der Waals surface area (Å²) < 4.78 is 5.62. The molecule has 0 bridgehead atoms. The van der Waals surface area contributed by atoms with Crippen LogP contribution in [-0.2, 0) is 11.3 Å². The van der Waals surface area contributed by atoms with Crippen molar-refractivity contribution in [3.05, 3.63) is 96.1 Å². The number of carbonyl (C=O) groups excluding carboxylic acids is 3. The van der Waals surface area contributed by atoms with E-state index in [0.29, 0.717) is 36.4 Å². The number of rotatable bonds is 7. The van der Waals surface area contributed by atoms with Crippen LogP contribution in [-0.4, -0.2) is 23.4 Å². The Hall–Kier alpha value is -4.13. The van der Waals surface area contributed by atoms with E-state index in [0.717, 1.165) is 18.4 Å². The van der Waals surface area contributed by atoms with Gasteiger partial charge in [0.1, 0.15) is 11.3 Å². The molecular weight excluding hydrogens is 430 g/mol. The van der Waals surface area contributed by atoms with E-state index in [2.05, 4.69) is 16.0 Å². The molecule has 0 aromatic heterocycles. The van der Waals surface area contributed by atoms with Gasteiger partial charge in [-0.05, 0) is 54.8 Å². The molecule has 1 aliphatic rings. The third-order valence-electron chi connectivity index (χ3n) is 5.86. The van der Waals surface area contributed by atoms with Crippen molar-refractivity contribution in [2.45, 2.75) is 37.8 Å². The summed E-state index contributed by atoms with van der Waals surface area (Å²) in [6.07, 6.45) is 2.71. The summed E-state index contributed by atoms with van der Waals surface area (Å²) in [5, 5.41) is 8.48. The van der Waals surface area contributed by atoms with Gasteiger partial charge >= 0.3 is 12.0 Å². The number of hydrogen-bond acceptors (Lipinski definition) is 4. The maximum Gasteiger partial charge on any atom is 0.337 e. The van der Waals surface area contributed by atoms with Crippen LogP contribution in [0.15, 0.2) is 84.9 Å². The molecule has 3 N–H and O–H groups in total. The van der Waals surface area contributed by atoms with Crippen molar-refractivity contribution in [1.29, 1.82) is 0 Å². The lowest BCUT2D eigenvalue weighted by Crippen LogP contribution is -2.56. The van der Waals surface area contributed by atoms with Crippen LogP contribution in [0.5, 0.6) is 5.75 Å². The van der Waals surface area contributed by atoms with Crippen molar-refractivity contribution >= 4 is 23.6 Å². The Balaban J connectivity index is 1.34. The fourth-order valence-electron chi connectivity index (χ4n) is 4.00. The van der Waals surface area contributed by atoms with Gasteiger partial charge in [0.15, 0.2) is 0 Å². The molecule has 0 spiro atoms. The van der Waals surface area contributed by atoms with Crippen LogP contribution in [0.2, 0.25) is 0 Å². The molecular formula is C27H27N3O4. The number of amides is 3. The summed E-state index contributed by atoms with van der Waals surface area (Å²) >= 11 is 0. The monoisotopic (exact) mass is 457 g/mol. The van der Waals surface area contributed by atoms with Gasteiger partial charge in [-0.1, -0.05) is 61.4 Å². The lowest BCUT2D eigenvalue weighted by Gasteiger charge is -2.28. The average Bonchev–Trinajstić information content (AvgIpc) is 3.35. The van der Waals surface area contributed by atoms with Gasteiger partial charge in [0, 0.05) is 17.8 Å². The van der Waals surface area contributed by atoms with Gasteiger partial charge in [0.05, 0.1) is 0 Å². The standard InChI is InChI=1S/C27H27N3O4/c31-24(21-11-5-2-6-12-21)29-22-13-15-23(16-14-22)34-25(32)27(17-7-8-18-27)30-26(33)28-19-20-9-3-1-4-10-20/h1-6,9-16H,7-8,17-19H2,(H,29,31)(H2,28,30,33). The second-order valence-corrected chi connectivity index (χ2v) is 8.32. The van der Waals surface area contributed by atoms with Gasteiger partial charge in [-0.25, -0.2) is 9.59 Å². The molecule has 34 heavy (non-hydrogen) atoms. The van der Waals surface area contributed by atoms with E-state index >= 15 is 0 Å². The second-order valence-electron chi connectivity index (χ2n) is 8.32. The molecule has 0 aliphatic heterocycles. The van der Waals surface area contributed by atoms with E-state index in [9.17, 15) is 14.4 Å². The van der Waals surface area contributed by atoms with Crippen molar-refractivity contribution in [2.75, 3.05) is 5.32 Å². The summed E-state index contributed by atoms with van der Waals surface area (Å²) in [5.74, 6) is -0.359. The zero-order chi connectivity index (χ0) is 23.8. The first-order chi connectivity index (χ1) is 16.5. The smallest absolute Gasteiger partial charge is 0.337 e. The van der Waals surface area contributed by atoms with Crippen LogP contribution in [0.1, 0.15) is 41.6 Å². The van der Waals surface area contributed by atoms with Gasteiger partial charge in [0.25, 0.3) is 5.91 Å². The maximum absolute atomic E-state index is 13.1. The molecule has 0 saturated heterocycles. The summed E-state index contributed by atoms with van der Waals surface area (Å²) in [7, 11) is 0. The van der Waals surface area contributed by atoms with Crippen molar-refractivity contribution in [1.82, 2.24) is 10.6 Å². The number of carbonyl (C=O) groups is 3. The van der Waals surface area contributed by atoms with Crippen molar-refractivity contribution in [3.63, 3.8) is 0 Å². The minimum Gasteiger partial charge on any atom is -0.425 e. The number of anilines is 1. The summed E-state index contributed by atoms with van der Waals surface area (Å²) in [4.78, 5) is 37.9. The number of urea groups is 1. The number of esters is 1. The Morgan fingerprint density at radius 2 is 1.41 bits per heavy atom. The first-order valence-electron chi connectivity index (χ1n) is 11.3. The number of hydrogen-bond donors (Lipinski definition) is 3. The second kappa shape index (κ2) is 10.7. The van der Waals surface area contributed by atoms with Crippen LogP contribution in [0.25, 0.3) is 0 Å². The highest BCUT2D eigenvalue weighted by atomic mass is 16.5. The Labute approximate surface area is 198 Å². The van der Waals surface area contributed by atoms with Crippen LogP contribution in [0.3, 0.4) is 0 Å². The zero-order valence-corrected chi connectivity index (χ0v) is 18.8. The van der Waals surface area contributed by atoms with Crippen molar-refractivity contribution in [3.8, 4) is 5.75 Å². The Morgan fingerprint density at radius 3 is 2.06 bits per heavy atom. The molecule has 0 heterocycles. The van der Waals surface area contributed by atoms with E-state index < -0.39 is 17.5 Å². The lowest BCUT2D eigenvalue weighted by molar-refractivity contribution is -0.141. The summed E-state index contributed by atoms with van der Waals surface area (Å²) in [5.41, 5.74) is 1.06. The Morgan fingerprint density at radius 1 is 0.794 bits per heavy atom. The fourth-order valence-corrected chi connectivity index (χ4v) is 4.00. The number of ether oxygens (including phenoxy) is 1. The lowest BCUT2D eigenvalue weighted by atomic mass is 9.98. The molecule has 0 atom stereocenters. The predicted octanol–water partition coefficient (Wildman–Crippen LogP) is 4.66. The molecule has 7 nitrogen and oxygen atoms in total. The quantitative estimate of drug-likeness (QED) is 0.355. The SMILES string of the molecule is O=C(NCc1ccccc1)NC1(C(=O)Oc2ccc(NC(=O)c3ccccc3)cc2)CCCC1. The minimum atomic E-state index is -1.05. The minimum absolute atomic E-state index is 0.221. The first kappa shape index (κ1) is 23.0. The number of benzene rings is 3. The maximum atomic E-state index is 13.1. The zero-order valence-electron chi connectivity index (χ0n) is 18.8. The normalized spacial score (nSPS) is 14.1. The molecule has 1 saturated carbocycles. The van der Waals surface area contributed by atoms with Gasteiger partial charge in [-0.15, -0.1) is 0 Å². The van der Waals surface area contributed by atoms with E-state index in [1.165, 1.54) is 0 Å². The van der Waals surface area contributed by atoms with Crippen LogP contribution >= 0.6 is 0 Å². The third kappa shape index (κ3) is 5.81. The van der Waals surface area contributed by atoms with Crippen LogP contribution < -0.4 is 20.7 Å². The molecule has 174 valence electrons. The summed E-state index contributed by atoms with van der Waals surface area (Å²) in [6.45, 7) is 0.369. The average molecular weight is 458 g/mol. The van der Waals surface area contributed by atoms with Crippen LogP contribution in [0.4, 0.5) is 10.5 Å². The molecule has 7 heteroatoms. The predicted molar refractivity (Wildman–Crippen MR) is 129 cm³/mol. The Bertz CT molecular complexity index is 1130. The van der Waals surface area contributed by atoms with E-state index in [1.807, 2.05) is 36.4 Å². The first-order valence-corrected chi connectivity index (χ1v) is 11.3. The largest absolute Gasteiger partial charge is 0.425 e. The Kier molecular flexibility index (Phi) is 7.22. The highest BCUT2D eigenvalue weighted by Crippen LogP contribution is 2.31. The molecule has 1 aliphatic carbocycles. The van der Waals surface area contributed by atoms with Crippen molar-refractivity contribution < 1.29 is 19.1 Å². The third-order valence-corrected chi connectivity index (χ3v) is 5.86. The van der Waals surface area contributed by atoms with Gasteiger partial charge in [0.2, 0.25) is 0 Å². The van der Waals surface area contributed by atoms with Crippen molar-refractivity contribution in [2.24, 2.45) is 0 Å². The molecule has 4 rings (SSSR count). The molecule has 3 amide bonds. The fraction of sp³-hybridized carbons (Fsp3) is 0.222. The molecule has 1 fully saturated rings. The van der Waals surface area contributed by atoms with Crippen LogP contribution in [0, 0.1) is 0 Å². The molecule has 0 radical (unpaired) electrons. The highest BCUT2D eigenvalue weighted by Gasteiger charge is 2.44. The van der Waals surface area contributed by atoms with Gasteiger partial charge in [-0.3, -0.25) is 4.79 Å². The molecule has 3 aromatic rings. The topological polar surface area (TPSA) is 96.5 Å². The molecule has 3 aromatic carbocycles. The highest BCUT2D eigenvalue weighted by molar-refractivity contribution is 6.04. The van der Waals surface area contributed by atoms with E-state index in [4.69, 9.17) is 4.74 Å². The summed E-state index contributed by atoms with van der Waals surface area (Å²) in [6, 6.07) is 24.7. The van der Waals surface area contributed by atoms with Gasteiger partial charge in [-0.2, -0.15) is 0 Å². The van der Waals surface area contributed by atoms with Gasteiger partial charge < -0.3 is 20.7 Å². The van der Waals surface area contributed by atoms with E-state index in [-0.39, 0.29) is 5.91 Å². The number of nitrogens with one attached hydrogen (secondary N) is 3.